The van der Waals surface area contributed by atoms with E-state index in [0.29, 0.717) is 5.56 Å². The molecule has 0 spiro atoms. The summed E-state index contributed by atoms with van der Waals surface area (Å²) in [7, 11) is 0. The molecular weight excluding hydrogens is 370 g/mol. The van der Waals surface area contributed by atoms with Crippen molar-refractivity contribution in [2.45, 2.75) is 20.8 Å². The maximum absolute atomic E-state index is 12.8. The molecule has 2 aromatic carbocycles. The van der Waals surface area contributed by atoms with E-state index in [2.05, 4.69) is 10.6 Å². The second-order valence-electron chi connectivity index (χ2n) is 7.08. The lowest BCUT2D eigenvalue weighted by Gasteiger charge is -2.27. The number of hydrogen-bond donors (Lipinski definition) is 2. The first-order valence-electron chi connectivity index (χ1n) is 9.53. The first-order valence-corrected chi connectivity index (χ1v) is 10.7. The van der Waals surface area contributed by atoms with E-state index in [9.17, 15) is 9.59 Å². The molecule has 1 fully saturated rings. The van der Waals surface area contributed by atoms with Crippen LogP contribution in [0, 0.1) is 20.8 Å². The summed E-state index contributed by atoms with van der Waals surface area (Å²) in [6.07, 6.45) is 0. The molecule has 0 radical (unpaired) electrons. The van der Waals surface area contributed by atoms with Crippen LogP contribution in [0.2, 0.25) is 0 Å². The molecule has 2 amide bonds. The molecule has 1 aliphatic heterocycles. The smallest absolute Gasteiger partial charge is 0.254 e. The van der Waals surface area contributed by atoms with Crippen LogP contribution in [0.25, 0.3) is 0 Å². The molecule has 148 valence electrons. The van der Waals surface area contributed by atoms with Gasteiger partial charge in [0.05, 0.1) is 6.54 Å². The Morgan fingerprint density at radius 2 is 1.79 bits per heavy atom. The van der Waals surface area contributed by atoms with Crippen molar-refractivity contribution in [3.8, 4) is 0 Å². The molecule has 0 aromatic heterocycles. The molecule has 0 bridgehead atoms. The molecule has 1 heterocycles. The van der Waals surface area contributed by atoms with Crippen LogP contribution in [0.3, 0.4) is 0 Å². The molecule has 6 heteroatoms. The van der Waals surface area contributed by atoms with Crippen molar-refractivity contribution in [2.75, 3.05) is 41.8 Å². The van der Waals surface area contributed by atoms with Crippen molar-refractivity contribution in [1.29, 1.82) is 0 Å². The number of carbonyl (C=O) groups is 2. The van der Waals surface area contributed by atoms with Gasteiger partial charge in [-0.1, -0.05) is 12.1 Å². The van der Waals surface area contributed by atoms with E-state index in [1.807, 2.05) is 73.8 Å². The minimum Gasteiger partial charge on any atom is -0.376 e. The SMILES string of the molecule is Cc1ccc(NC(=O)CNc2cccc(C(=O)N3CCSCC3)c2C)cc1C. The van der Waals surface area contributed by atoms with Gasteiger partial charge in [-0.25, -0.2) is 0 Å². The van der Waals surface area contributed by atoms with E-state index in [4.69, 9.17) is 0 Å². The maximum atomic E-state index is 12.8. The summed E-state index contributed by atoms with van der Waals surface area (Å²) in [4.78, 5) is 27.0. The average Bonchev–Trinajstić information content (AvgIpc) is 2.70. The minimum atomic E-state index is -0.118. The van der Waals surface area contributed by atoms with E-state index in [-0.39, 0.29) is 18.4 Å². The van der Waals surface area contributed by atoms with Crippen molar-refractivity contribution in [3.63, 3.8) is 0 Å². The van der Waals surface area contributed by atoms with E-state index in [1.165, 1.54) is 5.56 Å². The average molecular weight is 398 g/mol. The molecule has 5 nitrogen and oxygen atoms in total. The zero-order valence-corrected chi connectivity index (χ0v) is 17.5. The topological polar surface area (TPSA) is 61.4 Å². The normalized spacial score (nSPS) is 13.9. The molecule has 0 aliphatic carbocycles. The van der Waals surface area contributed by atoms with Crippen LogP contribution in [-0.4, -0.2) is 47.9 Å². The van der Waals surface area contributed by atoms with Crippen molar-refractivity contribution in [2.24, 2.45) is 0 Å². The Morgan fingerprint density at radius 1 is 1.04 bits per heavy atom. The van der Waals surface area contributed by atoms with E-state index < -0.39 is 0 Å². The largest absolute Gasteiger partial charge is 0.376 e. The molecule has 3 rings (SSSR count). The lowest BCUT2D eigenvalue weighted by molar-refractivity contribution is -0.114. The number of nitrogens with one attached hydrogen (secondary N) is 2. The third-order valence-electron chi connectivity index (χ3n) is 5.09. The van der Waals surface area contributed by atoms with Crippen molar-refractivity contribution < 1.29 is 9.59 Å². The molecule has 1 aliphatic rings. The molecule has 2 N–H and O–H groups in total. The van der Waals surface area contributed by atoms with Crippen molar-refractivity contribution in [1.82, 2.24) is 4.90 Å². The predicted octanol–water partition coefficient (Wildman–Crippen LogP) is 3.85. The van der Waals surface area contributed by atoms with Gasteiger partial charge in [0, 0.05) is 41.5 Å². The molecule has 0 unspecified atom stereocenters. The van der Waals surface area contributed by atoms with Gasteiger partial charge in [-0.15, -0.1) is 0 Å². The van der Waals surface area contributed by atoms with Crippen LogP contribution in [-0.2, 0) is 4.79 Å². The summed E-state index contributed by atoms with van der Waals surface area (Å²) >= 11 is 1.88. The number of nitrogens with zero attached hydrogens (tertiary/aromatic N) is 1. The highest BCUT2D eigenvalue weighted by Crippen LogP contribution is 2.22. The highest BCUT2D eigenvalue weighted by Gasteiger charge is 2.20. The summed E-state index contributed by atoms with van der Waals surface area (Å²) in [5.41, 5.74) is 5.52. The number of benzene rings is 2. The lowest BCUT2D eigenvalue weighted by Crippen LogP contribution is -2.38. The Morgan fingerprint density at radius 3 is 2.50 bits per heavy atom. The van der Waals surface area contributed by atoms with Gasteiger partial charge in [-0.05, 0) is 61.7 Å². The third kappa shape index (κ3) is 4.87. The predicted molar refractivity (Wildman–Crippen MR) is 117 cm³/mol. The Kier molecular flexibility index (Phi) is 6.62. The van der Waals surface area contributed by atoms with Gasteiger partial charge in [0.2, 0.25) is 5.91 Å². The fraction of sp³-hybridized carbons (Fsp3) is 0.364. The second-order valence-corrected chi connectivity index (χ2v) is 8.31. The van der Waals surface area contributed by atoms with Gasteiger partial charge < -0.3 is 15.5 Å². The third-order valence-corrected chi connectivity index (χ3v) is 6.04. The zero-order chi connectivity index (χ0) is 20.1. The number of hydrogen-bond acceptors (Lipinski definition) is 4. The Balaban J connectivity index is 1.63. The number of aryl methyl sites for hydroxylation is 2. The number of carbonyl (C=O) groups excluding carboxylic acids is 2. The Bertz CT molecular complexity index is 876. The quantitative estimate of drug-likeness (QED) is 0.804. The molecule has 1 saturated heterocycles. The van der Waals surface area contributed by atoms with Gasteiger partial charge in [0.15, 0.2) is 0 Å². The van der Waals surface area contributed by atoms with Crippen LogP contribution < -0.4 is 10.6 Å². The number of thioether (sulfide) groups is 1. The summed E-state index contributed by atoms with van der Waals surface area (Å²) in [6.45, 7) is 7.72. The molecule has 0 saturated carbocycles. The lowest BCUT2D eigenvalue weighted by atomic mass is 10.1. The van der Waals surface area contributed by atoms with Gasteiger partial charge >= 0.3 is 0 Å². The summed E-state index contributed by atoms with van der Waals surface area (Å²) in [5.74, 6) is 1.93. The van der Waals surface area contributed by atoms with Crippen LogP contribution in [0.15, 0.2) is 36.4 Å². The van der Waals surface area contributed by atoms with Crippen molar-refractivity contribution >= 4 is 35.0 Å². The Labute approximate surface area is 170 Å². The van der Waals surface area contributed by atoms with Crippen LogP contribution in [0.5, 0.6) is 0 Å². The van der Waals surface area contributed by atoms with Gasteiger partial charge in [-0.2, -0.15) is 11.8 Å². The molecular formula is C22H27N3O2S. The second kappa shape index (κ2) is 9.15. The zero-order valence-electron chi connectivity index (χ0n) is 16.7. The summed E-state index contributed by atoms with van der Waals surface area (Å²) in [6, 6.07) is 11.5. The monoisotopic (exact) mass is 397 g/mol. The highest BCUT2D eigenvalue weighted by atomic mass is 32.2. The van der Waals surface area contributed by atoms with E-state index in [0.717, 1.165) is 47.1 Å². The fourth-order valence-electron chi connectivity index (χ4n) is 3.20. The summed E-state index contributed by atoms with van der Waals surface area (Å²) < 4.78 is 0. The van der Waals surface area contributed by atoms with Gasteiger partial charge in [0.25, 0.3) is 5.91 Å². The van der Waals surface area contributed by atoms with Crippen LogP contribution >= 0.6 is 11.8 Å². The minimum absolute atomic E-state index is 0.0704. The van der Waals surface area contributed by atoms with Crippen molar-refractivity contribution in [3.05, 3.63) is 58.7 Å². The standard InChI is InChI=1S/C22H27N3O2S/c1-15-7-8-18(13-16(15)2)24-21(26)14-23-20-6-4-5-19(17(20)3)22(27)25-9-11-28-12-10-25/h4-8,13,23H,9-12,14H2,1-3H3,(H,24,26). The first-order chi connectivity index (χ1) is 13.5. The fourth-order valence-corrected chi connectivity index (χ4v) is 4.10. The Hall–Kier alpha value is -2.47. The first kappa shape index (κ1) is 20.3. The van der Waals surface area contributed by atoms with E-state index in [1.54, 1.807) is 0 Å². The van der Waals surface area contributed by atoms with Gasteiger partial charge in [0.1, 0.15) is 0 Å². The number of amides is 2. The maximum Gasteiger partial charge on any atom is 0.254 e. The molecule has 0 atom stereocenters. The molecule has 28 heavy (non-hydrogen) atoms. The summed E-state index contributed by atoms with van der Waals surface area (Å²) in [5, 5.41) is 6.08. The highest BCUT2D eigenvalue weighted by molar-refractivity contribution is 7.99. The van der Waals surface area contributed by atoms with Crippen LogP contribution in [0.4, 0.5) is 11.4 Å². The van der Waals surface area contributed by atoms with Crippen LogP contribution in [0.1, 0.15) is 27.0 Å². The van der Waals surface area contributed by atoms with Gasteiger partial charge in [-0.3, -0.25) is 9.59 Å². The number of anilines is 2. The molecule has 2 aromatic rings. The van der Waals surface area contributed by atoms with E-state index >= 15 is 0 Å². The number of rotatable bonds is 5.